The Morgan fingerprint density at radius 2 is 2.11 bits per heavy atom. The molecule has 0 spiro atoms. The smallest absolute Gasteiger partial charge is 0.295 e. The molecule has 1 unspecified atom stereocenters. The number of carbonyl (C=O) groups excluding carboxylic acids is 1. The molecule has 0 aromatic rings. The summed E-state index contributed by atoms with van der Waals surface area (Å²) in [5, 5.41) is 0. The molecular formula is C13H25NO2Si2. The molecule has 0 aromatic carbocycles. The Kier molecular flexibility index (Phi) is 4.81. The molecule has 102 valence electrons. The van der Waals surface area contributed by atoms with Gasteiger partial charge in [0, 0.05) is 0 Å². The van der Waals surface area contributed by atoms with Crippen molar-refractivity contribution < 1.29 is 9.22 Å². The molecule has 5 heteroatoms. The summed E-state index contributed by atoms with van der Waals surface area (Å²) in [5.41, 5.74) is 0. The largest absolute Gasteiger partial charge is 0.520 e. The first-order valence-corrected chi connectivity index (χ1v) is 13.2. The molecule has 1 aliphatic rings. The summed E-state index contributed by atoms with van der Waals surface area (Å²) in [6.45, 7) is 11.7. The maximum absolute atomic E-state index is 11.9. The minimum Gasteiger partial charge on any atom is -0.520 e. The van der Waals surface area contributed by atoms with E-state index in [1.165, 1.54) is 12.5 Å². The van der Waals surface area contributed by atoms with Crippen LogP contribution in [0.25, 0.3) is 0 Å². The summed E-state index contributed by atoms with van der Waals surface area (Å²) >= 11 is 0. The molecule has 18 heavy (non-hydrogen) atoms. The lowest BCUT2D eigenvalue weighted by Crippen LogP contribution is -2.50. The minimum absolute atomic E-state index is 0.0713. The number of terminal acetylenes is 1. The van der Waals surface area contributed by atoms with E-state index in [0.29, 0.717) is 6.42 Å². The SMILES string of the molecule is C#CC(CC(=O)O[Si](C)(C)C)N1CCC[Si]1(C)C. The lowest BCUT2D eigenvalue weighted by Gasteiger charge is -2.34. The molecule has 0 bridgehead atoms. The van der Waals surface area contributed by atoms with Gasteiger partial charge in [-0.1, -0.05) is 19.0 Å². The highest BCUT2D eigenvalue weighted by Gasteiger charge is 2.39. The molecule has 0 aromatic heterocycles. The molecule has 1 aliphatic heterocycles. The average molecular weight is 284 g/mol. The van der Waals surface area contributed by atoms with Crippen molar-refractivity contribution in [3.63, 3.8) is 0 Å². The standard InChI is InChI=1S/C13H25NO2Si2/c1-7-12(11-13(15)16-17(2,3)4)14-9-8-10-18(14,5)6/h1,12H,8-11H2,2-6H3. The molecule has 0 N–H and O–H groups in total. The van der Waals surface area contributed by atoms with Gasteiger partial charge >= 0.3 is 0 Å². The summed E-state index contributed by atoms with van der Waals surface area (Å²) in [7, 11) is -3.19. The Hall–Kier alpha value is -0.576. The van der Waals surface area contributed by atoms with Crippen LogP contribution < -0.4 is 0 Å². The molecular weight excluding hydrogens is 258 g/mol. The van der Waals surface area contributed by atoms with Crippen LogP contribution in [0.15, 0.2) is 0 Å². The maximum atomic E-state index is 11.9. The third-order valence-corrected chi connectivity index (χ3v) is 7.82. The van der Waals surface area contributed by atoms with Crippen LogP contribution in [-0.2, 0) is 9.22 Å². The van der Waals surface area contributed by atoms with Crippen molar-refractivity contribution in [2.45, 2.75) is 57.7 Å². The second-order valence-electron chi connectivity index (χ2n) is 6.58. The quantitative estimate of drug-likeness (QED) is 0.587. The number of nitrogens with zero attached hydrogens (tertiary/aromatic N) is 1. The van der Waals surface area contributed by atoms with Gasteiger partial charge in [0.15, 0.2) is 0 Å². The molecule has 1 heterocycles. The van der Waals surface area contributed by atoms with Gasteiger partial charge in [-0.3, -0.25) is 4.79 Å². The summed E-state index contributed by atoms with van der Waals surface area (Å²) in [5.74, 6) is 2.66. The van der Waals surface area contributed by atoms with Crippen LogP contribution in [0.5, 0.6) is 0 Å². The van der Waals surface area contributed by atoms with E-state index in [-0.39, 0.29) is 12.0 Å². The molecule has 0 aliphatic carbocycles. The zero-order valence-corrected chi connectivity index (χ0v) is 14.2. The Morgan fingerprint density at radius 1 is 1.50 bits per heavy atom. The van der Waals surface area contributed by atoms with E-state index in [9.17, 15) is 4.79 Å². The Labute approximate surface area is 113 Å². The van der Waals surface area contributed by atoms with Crippen molar-refractivity contribution >= 4 is 22.5 Å². The second kappa shape index (κ2) is 5.60. The van der Waals surface area contributed by atoms with Gasteiger partial charge in [-0.2, -0.15) is 0 Å². The fraction of sp³-hybridized carbons (Fsp3) is 0.769. The van der Waals surface area contributed by atoms with E-state index in [4.69, 9.17) is 10.8 Å². The second-order valence-corrected chi connectivity index (χ2v) is 15.7. The Bertz CT molecular complexity index is 355. The van der Waals surface area contributed by atoms with Crippen molar-refractivity contribution in [1.29, 1.82) is 0 Å². The normalized spacial score (nSPS) is 21.3. The van der Waals surface area contributed by atoms with E-state index in [0.717, 1.165) is 6.54 Å². The Balaban J connectivity index is 2.64. The van der Waals surface area contributed by atoms with Crippen LogP contribution in [0, 0.1) is 12.3 Å². The van der Waals surface area contributed by atoms with Gasteiger partial charge in [0.25, 0.3) is 5.97 Å². The fourth-order valence-corrected chi connectivity index (χ4v) is 6.36. The highest BCUT2D eigenvalue weighted by atomic mass is 28.4. The average Bonchev–Trinajstić information content (AvgIpc) is 2.52. The van der Waals surface area contributed by atoms with Gasteiger partial charge in [0.05, 0.1) is 12.5 Å². The van der Waals surface area contributed by atoms with Gasteiger partial charge in [0.2, 0.25) is 8.32 Å². The van der Waals surface area contributed by atoms with Gasteiger partial charge in [-0.25, -0.2) is 0 Å². The molecule has 0 radical (unpaired) electrons. The molecule has 1 rings (SSSR count). The first-order valence-electron chi connectivity index (χ1n) is 6.60. The maximum Gasteiger partial charge on any atom is 0.295 e. The van der Waals surface area contributed by atoms with Gasteiger partial charge in [0.1, 0.15) is 8.24 Å². The summed E-state index contributed by atoms with van der Waals surface area (Å²) in [6, 6.07) is 1.20. The number of hydrogen-bond acceptors (Lipinski definition) is 3. The van der Waals surface area contributed by atoms with Crippen molar-refractivity contribution in [1.82, 2.24) is 4.57 Å². The van der Waals surface area contributed by atoms with E-state index in [2.05, 4.69) is 23.6 Å². The van der Waals surface area contributed by atoms with Crippen LogP contribution in [0.4, 0.5) is 0 Å². The van der Waals surface area contributed by atoms with E-state index in [1.807, 2.05) is 19.6 Å². The molecule has 0 saturated carbocycles. The van der Waals surface area contributed by atoms with Crippen LogP contribution in [0.3, 0.4) is 0 Å². The van der Waals surface area contributed by atoms with Crippen LogP contribution in [0.2, 0.25) is 38.8 Å². The van der Waals surface area contributed by atoms with Crippen molar-refractivity contribution in [3.05, 3.63) is 0 Å². The first kappa shape index (κ1) is 15.5. The third kappa shape index (κ3) is 4.27. The van der Waals surface area contributed by atoms with E-state index >= 15 is 0 Å². The summed E-state index contributed by atoms with van der Waals surface area (Å²) in [6.07, 6.45) is 7.17. The lowest BCUT2D eigenvalue weighted by atomic mass is 10.2. The van der Waals surface area contributed by atoms with Gasteiger partial charge in [-0.15, -0.1) is 6.42 Å². The third-order valence-electron chi connectivity index (χ3n) is 3.31. The van der Waals surface area contributed by atoms with Crippen molar-refractivity contribution in [3.8, 4) is 12.3 Å². The zero-order valence-electron chi connectivity index (χ0n) is 12.2. The topological polar surface area (TPSA) is 29.5 Å². The highest BCUT2D eigenvalue weighted by molar-refractivity contribution is 6.75. The first-order chi connectivity index (χ1) is 8.15. The van der Waals surface area contributed by atoms with E-state index < -0.39 is 16.6 Å². The van der Waals surface area contributed by atoms with Crippen LogP contribution >= 0.6 is 0 Å². The number of carbonyl (C=O) groups is 1. The lowest BCUT2D eigenvalue weighted by molar-refractivity contribution is -0.135. The van der Waals surface area contributed by atoms with Crippen molar-refractivity contribution in [2.75, 3.05) is 6.54 Å². The summed E-state index contributed by atoms with van der Waals surface area (Å²) < 4.78 is 7.89. The Morgan fingerprint density at radius 3 is 2.50 bits per heavy atom. The van der Waals surface area contributed by atoms with Gasteiger partial charge in [-0.05, 0) is 38.7 Å². The molecule has 1 atom stereocenters. The molecule has 3 nitrogen and oxygen atoms in total. The monoisotopic (exact) mass is 283 g/mol. The number of hydrogen-bond donors (Lipinski definition) is 0. The number of rotatable bonds is 4. The fourth-order valence-electron chi connectivity index (χ4n) is 2.51. The highest BCUT2D eigenvalue weighted by Crippen LogP contribution is 2.28. The predicted molar refractivity (Wildman–Crippen MR) is 80.3 cm³/mol. The predicted octanol–water partition coefficient (Wildman–Crippen LogP) is 2.67. The molecule has 0 amide bonds. The molecule has 1 saturated heterocycles. The van der Waals surface area contributed by atoms with Crippen molar-refractivity contribution in [2.24, 2.45) is 0 Å². The van der Waals surface area contributed by atoms with E-state index in [1.54, 1.807) is 0 Å². The van der Waals surface area contributed by atoms with Gasteiger partial charge < -0.3 is 8.99 Å². The zero-order chi connectivity index (χ0) is 14.0. The molecule has 1 fully saturated rings. The minimum atomic E-state index is -1.80. The van der Waals surface area contributed by atoms with Crippen LogP contribution in [-0.4, -0.2) is 39.7 Å². The van der Waals surface area contributed by atoms with Crippen LogP contribution in [0.1, 0.15) is 12.8 Å². The summed E-state index contributed by atoms with van der Waals surface area (Å²) in [4.78, 5) is 11.9.